The molecule has 2 aliphatic rings. The summed E-state index contributed by atoms with van der Waals surface area (Å²) in [5, 5.41) is 14.3. The van der Waals surface area contributed by atoms with E-state index < -0.39 is 74.9 Å². The number of hydrogen-bond donors (Lipinski definition) is 1. The standard InChI is InChI=1S/C28H32F3N7O5S/c1-27(2,3)43-26(40)32-21-15-44(41,42)23-11-20(29)19(10-22(23)37(25(21)39)13-17-8-6-5-7-9-17)24-33-35-38(34-24)18-12-28(30,31)16-36(4)14-18/h5-11,18,21H,12-16H2,1-4H3,(H,32,40)/t18?,21-/m0/s1. The maximum Gasteiger partial charge on any atom is 0.408 e. The van der Waals surface area contributed by atoms with E-state index in [0.717, 1.165) is 21.8 Å². The van der Waals surface area contributed by atoms with Gasteiger partial charge in [-0.15, -0.1) is 10.2 Å². The van der Waals surface area contributed by atoms with Crippen LogP contribution in [0, 0.1) is 5.82 Å². The van der Waals surface area contributed by atoms with Gasteiger partial charge in [-0.3, -0.25) is 9.69 Å². The van der Waals surface area contributed by atoms with E-state index in [4.69, 9.17) is 4.74 Å². The third-order valence-corrected chi connectivity index (χ3v) is 8.82. The summed E-state index contributed by atoms with van der Waals surface area (Å²) in [5.41, 5.74) is -0.747. The normalized spacial score (nSPS) is 21.8. The predicted octanol–water partition coefficient (Wildman–Crippen LogP) is 3.20. The average Bonchev–Trinajstić information content (AvgIpc) is 3.37. The van der Waals surface area contributed by atoms with Crippen molar-refractivity contribution >= 4 is 27.5 Å². The molecule has 0 spiro atoms. The number of nitrogens with one attached hydrogen (secondary N) is 1. The lowest BCUT2D eigenvalue weighted by Crippen LogP contribution is -2.51. The molecule has 2 aromatic carbocycles. The van der Waals surface area contributed by atoms with E-state index in [-0.39, 0.29) is 30.2 Å². The third-order valence-electron chi connectivity index (χ3n) is 7.05. The van der Waals surface area contributed by atoms with Crippen LogP contribution < -0.4 is 10.2 Å². The molecule has 0 radical (unpaired) electrons. The van der Waals surface area contributed by atoms with Gasteiger partial charge in [-0.25, -0.2) is 26.4 Å². The number of carbonyl (C=O) groups is 2. The van der Waals surface area contributed by atoms with Crippen LogP contribution in [-0.2, 0) is 25.9 Å². The Balaban J connectivity index is 1.57. The fraction of sp³-hybridized carbons (Fsp3) is 0.464. The van der Waals surface area contributed by atoms with Crippen LogP contribution in [0.25, 0.3) is 11.4 Å². The van der Waals surface area contributed by atoms with Gasteiger partial charge in [0.15, 0.2) is 9.84 Å². The Hall–Kier alpha value is -4.05. The molecule has 44 heavy (non-hydrogen) atoms. The number of ether oxygens (including phenoxy) is 1. The van der Waals surface area contributed by atoms with Crippen molar-refractivity contribution in [3.63, 3.8) is 0 Å². The van der Waals surface area contributed by atoms with Gasteiger partial charge in [-0.1, -0.05) is 30.3 Å². The minimum absolute atomic E-state index is 0.122. The molecule has 1 aromatic heterocycles. The fourth-order valence-corrected chi connectivity index (χ4v) is 6.90. The summed E-state index contributed by atoms with van der Waals surface area (Å²) in [6.07, 6.45) is -1.54. The van der Waals surface area contributed by atoms with Gasteiger partial charge in [0.05, 0.1) is 41.0 Å². The van der Waals surface area contributed by atoms with Gasteiger partial charge in [0.2, 0.25) is 5.82 Å². The highest BCUT2D eigenvalue weighted by molar-refractivity contribution is 7.91. The van der Waals surface area contributed by atoms with Crippen molar-refractivity contribution in [3.05, 3.63) is 53.8 Å². The van der Waals surface area contributed by atoms with E-state index in [0.29, 0.717) is 5.56 Å². The van der Waals surface area contributed by atoms with Gasteiger partial charge in [-0.05, 0) is 50.7 Å². The van der Waals surface area contributed by atoms with E-state index in [1.54, 1.807) is 51.1 Å². The maximum atomic E-state index is 15.6. The molecule has 2 atom stereocenters. The summed E-state index contributed by atoms with van der Waals surface area (Å²) in [6.45, 7) is 4.51. The summed E-state index contributed by atoms with van der Waals surface area (Å²) >= 11 is 0. The van der Waals surface area contributed by atoms with Gasteiger partial charge < -0.3 is 15.0 Å². The Morgan fingerprint density at radius 1 is 1.18 bits per heavy atom. The molecule has 3 heterocycles. The van der Waals surface area contributed by atoms with Crippen molar-refractivity contribution in [1.82, 2.24) is 30.4 Å². The van der Waals surface area contributed by atoms with Crippen molar-refractivity contribution in [2.75, 3.05) is 30.8 Å². The molecular weight excluding hydrogens is 603 g/mol. The van der Waals surface area contributed by atoms with E-state index in [1.807, 2.05) is 0 Å². The summed E-state index contributed by atoms with van der Waals surface area (Å²) in [4.78, 5) is 29.6. The summed E-state index contributed by atoms with van der Waals surface area (Å²) in [6, 6.07) is 8.17. The molecule has 2 amide bonds. The van der Waals surface area contributed by atoms with Crippen LogP contribution in [0.1, 0.15) is 38.8 Å². The number of likely N-dealkylation sites (N-methyl/N-ethyl adjacent to an activating group) is 1. The molecule has 1 N–H and O–H groups in total. The predicted molar refractivity (Wildman–Crippen MR) is 152 cm³/mol. The Morgan fingerprint density at radius 2 is 1.89 bits per heavy atom. The molecule has 1 unspecified atom stereocenters. The van der Waals surface area contributed by atoms with Crippen LogP contribution in [-0.4, -0.2) is 89.0 Å². The number of rotatable bonds is 5. The van der Waals surface area contributed by atoms with E-state index in [2.05, 4.69) is 20.7 Å². The number of halogens is 3. The van der Waals surface area contributed by atoms with E-state index in [9.17, 15) is 26.8 Å². The lowest BCUT2D eigenvalue weighted by Gasteiger charge is -2.34. The summed E-state index contributed by atoms with van der Waals surface area (Å²) < 4.78 is 76.4. The number of sulfone groups is 1. The zero-order chi connectivity index (χ0) is 32.0. The molecule has 5 rings (SSSR count). The lowest BCUT2D eigenvalue weighted by atomic mass is 10.0. The van der Waals surface area contributed by atoms with Gasteiger partial charge >= 0.3 is 6.09 Å². The Kier molecular flexibility index (Phi) is 8.18. The summed E-state index contributed by atoms with van der Waals surface area (Å²) in [5.74, 6) is -5.91. The molecule has 0 bridgehead atoms. The molecule has 0 saturated carbocycles. The smallest absolute Gasteiger partial charge is 0.408 e. The number of nitrogens with zero attached hydrogens (tertiary/aromatic N) is 6. The first kappa shape index (κ1) is 31.4. The minimum atomic E-state index is -4.35. The number of alkyl halides is 2. The number of hydrogen-bond acceptors (Lipinski definition) is 9. The van der Waals surface area contributed by atoms with Crippen molar-refractivity contribution < 1.29 is 35.9 Å². The lowest BCUT2D eigenvalue weighted by molar-refractivity contribution is -0.120. The molecule has 1 fully saturated rings. The average molecular weight is 636 g/mol. The van der Waals surface area contributed by atoms with Gasteiger partial charge in [0.25, 0.3) is 11.8 Å². The largest absolute Gasteiger partial charge is 0.444 e. The minimum Gasteiger partial charge on any atom is -0.444 e. The number of fused-ring (bicyclic) bond motifs is 1. The van der Waals surface area contributed by atoms with Crippen LogP contribution in [0.15, 0.2) is 47.4 Å². The monoisotopic (exact) mass is 635 g/mol. The van der Waals surface area contributed by atoms with Crippen molar-refractivity contribution in [1.29, 1.82) is 0 Å². The third kappa shape index (κ3) is 6.85. The number of alkyl carbamates (subject to hydrolysis) is 1. The van der Waals surface area contributed by atoms with Crippen LogP contribution in [0.3, 0.4) is 0 Å². The molecule has 236 valence electrons. The first-order chi connectivity index (χ1) is 20.5. The zero-order valence-electron chi connectivity index (χ0n) is 24.5. The van der Waals surface area contributed by atoms with E-state index >= 15 is 4.39 Å². The van der Waals surface area contributed by atoms with Crippen molar-refractivity contribution in [2.45, 2.75) is 62.2 Å². The molecule has 12 nitrogen and oxygen atoms in total. The molecule has 1 saturated heterocycles. The highest BCUT2D eigenvalue weighted by Gasteiger charge is 2.42. The van der Waals surface area contributed by atoms with Crippen LogP contribution in [0.4, 0.5) is 23.7 Å². The highest BCUT2D eigenvalue weighted by Crippen LogP contribution is 2.37. The molecule has 16 heteroatoms. The first-order valence-electron chi connectivity index (χ1n) is 13.8. The van der Waals surface area contributed by atoms with Crippen LogP contribution in [0.2, 0.25) is 0 Å². The van der Waals surface area contributed by atoms with Crippen LogP contribution >= 0.6 is 0 Å². The molecule has 3 aromatic rings. The highest BCUT2D eigenvalue weighted by atomic mass is 32.2. The van der Waals surface area contributed by atoms with Crippen molar-refractivity contribution in [2.24, 2.45) is 0 Å². The Bertz CT molecular complexity index is 1680. The quantitative estimate of drug-likeness (QED) is 0.448. The first-order valence-corrected chi connectivity index (χ1v) is 15.4. The second-order valence-electron chi connectivity index (χ2n) is 12.0. The Morgan fingerprint density at radius 3 is 2.55 bits per heavy atom. The molecule has 2 aliphatic heterocycles. The van der Waals surface area contributed by atoms with Gasteiger partial charge in [-0.2, -0.15) is 4.80 Å². The number of aromatic nitrogens is 4. The second-order valence-corrected chi connectivity index (χ2v) is 14.0. The van der Waals surface area contributed by atoms with Crippen molar-refractivity contribution in [3.8, 4) is 11.4 Å². The number of carbonyl (C=O) groups excluding carboxylic acids is 2. The number of anilines is 1. The van der Waals surface area contributed by atoms with Gasteiger partial charge in [0, 0.05) is 13.0 Å². The molecular formula is C28H32F3N7O5S. The number of benzene rings is 2. The van der Waals surface area contributed by atoms with Crippen LogP contribution in [0.5, 0.6) is 0 Å². The number of likely N-dealkylation sites (tertiary alicyclic amines) is 1. The number of amides is 2. The number of piperidine rings is 1. The zero-order valence-corrected chi connectivity index (χ0v) is 25.3. The summed E-state index contributed by atoms with van der Waals surface area (Å²) in [7, 11) is -2.82. The topological polar surface area (TPSA) is 140 Å². The number of tetrazole rings is 1. The fourth-order valence-electron chi connectivity index (χ4n) is 5.28. The molecule has 0 aliphatic carbocycles. The second kappa shape index (κ2) is 11.5. The SMILES string of the molecule is CN1CC(n2nnc(-c3cc4c(cc3F)S(=O)(=O)C[C@H](NC(=O)OC(C)(C)C)C(=O)N4Cc3ccccc3)n2)CC(F)(F)C1. The maximum absolute atomic E-state index is 15.6. The van der Waals surface area contributed by atoms with Gasteiger partial charge in [0.1, 0.15) is 17.5 Å². The Labute approximate surface area is 252 Å². The van der Waals surface area contributed by atoms with E-state index in [1.165, 1.54) is 11.9 Å².